The Labute approximate surface area is 149 Å². The van der Waals surface area contributed by atoms with E-state index in [0.29, 0.717) is 21.5 Å². The van der Waals surface area contributed by atoms with Gasteiger partial charge in [0.15, 0.2) is 6.10 Å². The number of carbonyl (C=O) groups excluding carboxylic acids is 1. The minimum absolute atomic E-state index is 0.256. The van der Waals surface area contributed by atoms with Crippen LogP contribution in [0.25, 0.3) is 0 Å². The molecular weight excluding hydrogens is 356 g/mol. The van der Waals surface area contributed by atoms with E-state index in [4.69, 9.17) is 32.7 Å². The maximum absolute atomic E-state index is 12.8. The summed E-state index contributed by atoms with van der Waals surface area (Å²) < 4.78 is 23.6. The molecule has 1 amide bonds. The fourth-order valence-corrected chi connectivity index (χ4v) is 2.29. The zero-order valence-electron chi connectivity index (χ0n) is 12.9. The molecule has 7 heteroatoms. The number of hydrogen-bond acceptors (Lipinski definition) is 3. The topological polar surface area (TPSA) is 47.6 Å². The van der Waals surface area contributed by atoms with Gasteiger partial charge in [-0.15, -0.1) is 0 Å². The summed E-state index contributed by atoms with van der Waals surface area (Å²) in [5.74, 6) is 0.278. The van der Waals surface area contributed by atoms with Crippen molar-refractivity contribution in [1.82, 2.24) is 5.32 Å². The van der Waals surface area contributed by atoms with Gasteiger partial charge in [-0.1, -0.05) is 23.2 Å². The molecule has 128 valence electrons. The largest absolute Gasteiger partial charge is 0.492 e. The summed E-state index contributed by atoms with van der Waals surface area (Å²) in [6.07, 6.45) is -0.727. The maximum atomic E-state index is 12.8. The zero-order chi connectivity index (χ0) is 17.5. The Balaban J connectivity index is 1.74. The molecule has 2 aromatic carbocycles. The fraction of sp³-hybridized carbons (Fsp3) is 0.235. The van der Waals surface area contributed by atoms with Gasteiger partial charge in [0.1, 0.15) is 23.9 Å². The van der Waals surface area contributed by atoms with E-state index >= 15 is 0 Å². The minimum Gasteiger partial charge on any atom is -0.492 e. The molecule has 2 aromatic rings. The second-order valence-electron chi connectivity index (χ2n) is 4.93. The molecule has 0 aliphatic carbocycles. The molecule has 0 spiro atoms. The summed E-state index contributed by atoms with van der Waals surface area (Å²) in [6.45, 7) is 2.16. The number of nitrogens with one attached hydrogen (secondary N) is 1. The Morgan fingerprint density at radius 2 is 1.92 bits per heavy atom. The SMILES string of the molecule is C[C@H](Oc1ccc(Cl)cc1Cl)C(=O)NCCOc1ccc(F)cc1. The highest BCUT2D eigenvalue weighted by Gasteiger charge is 2.15. The second kappa shape index (κ2) is 8.76. The third kappa shape index (κ3) is 5.58. The molecule has 0 saturated heterocycles. The number of amides is 1. The first-order chi connectivity index (χ1) is 11.5. The van der Waals surface area contributed by atoms with Crippen molar-refractivity contribution in [3.8, 4) is 11.5 Å². The molecule has 1 N–H and O–H groups in total. The molecule has 2 rings (SSSR count). The standard InChI is InChI=1S/C17H16Cl2FNO3/c1-11(24-16-7-2-12(18)10-15(16)19)17(22)21-8-9-23-14-5-3-13(20)4-6-14/h2-7,10-11H,8-9H2,1H3,(H,21,22)/t11-/m0/s1. The van der Waals surface area contributed by atoms with Gasteiger partial charge in [-0.05, 0) is 49.4 Å². The van der Waals surface area contributed by atoms with Crippen LogP contribution in [0.1, 0.15) is 6.92 Å². The predicted octanol–water partition coefficient (Wildman–Crippen LogP) is 4.10. The van der Waals surface area contributed by atoms with Gasteiger partial charge in [-0.25, -0.2) is 4.39 Å². The number of benzene rings is 2. The summed E-state index contributed by atoms with van der Waals surface area (Å²) in [5, 5.41) is 3.51. The molecule has 0 aliphatic rings. The van der Waals surface area contributed by atoms with E-state index in [0.717, 1.165) is 0 Å². The molecule has 0 aliphatic heterocycles. The summed E-state index contributed by atoms with van der Waals surface area (Å²) >= 11 is 11.8. The molecule has 4 nitrogen and oxygen atoms in total. The van der Waals surface area contributed by atoms with Crippen LogP contribution in [0.3, 0.4) is 0 Å². The van der Waals surface area contributed by atoms with Gasteiger partial charge >= 0.3 is 0 Å². The monoisotopic (exact) mass is 371 g/mol. The summed E-state index contributed by atoms with van der Waals surface area (Å²) in [5.41, 5.74) is 0. The van der Waals surface area contributed by atoms with Crippen LogP contribution in [0.2, 0.25) is 10.0 Å². The van der Waals surface area contributed by atoms with Crippen molar-refractivity contribution >= 4 is 29.1 Å². The highest BCUT2D eigenvalue weighted by molar-refractivity contribution is 6.35. The van der Waals surface area contributed by atoms with Gasteiger partial charge in [0.2, 0.25) is 0 Å². The number of carbonyl (C=O) groups is 1. The van der Waals surface area contributed by atoms with Crippen LogP contribution in [0.4, 0.5) is 4.39 Å². The van der Waals surface area contributed by atoms with Crippen LogP contribution < -0.4 is 14.8 Å². The Hall–Kier alpha value is -1.98. The van der Waals surface area contributed by atoms with Gasteiger partial charge < -0.3 is 14.8 Å². The fourth-order valence-electron chi connectivity index (χ4n) is 1.83. The molecule has 24 heavy (non-hydrogen) atoms. The zero-order valence-corrected chi connectivity index (χ0v) is 14.4. The van der Waals surface area contributed by atoms with E-state index in [-0.39, 0.29) is 24.9 Å². The van der Waals surface area contributed by atoms with Gasteiger partial charge in [-0.3, -0.25) is 4.79 Å². The van der Waals surface area contributed by atoms with Crippen LogP contribution in [0, 0.1) is 5.82 Å². The van der Waals surface area contributed by atoms with E-state index in [1.165, 1.54) is 24.3 Å². The number of halogens is 3. The Bertz CT molecular complexity index is 695. The van der Waals surface area contributed by atoms with Gasteiger partial charge in [-0.2, -0.15) is 0 Å². The molecule has 0 saturated carbocycles. The normalized spacial score (nSPS) is 11.7. The van der Waals surface area contributed by atoms with Crippen LogP contribution >= 0.6 is 23.2 Å². The lowest BCUT2D eigenvalue weighted by Gasteiger charge is -2.16. The first-order valence-electron chi connectivity index (χ1n) is 7.23. The molecular formula is C17H16Cl2FNO3. The van der Waals surface area contributed by atoms with Crippen molar-refractivity contribution in [2.24, 2.45) is 0 Å². The van der Waals surface area contributed by atoms with Crippen molar-refractivity contribution in [3.63, 3.8) is 0 Å². The third-order valence-electron chi connectivity index (χ3n) is 3.05. The van der Waals surface area contributed by atoms with Gasteiger partial charge in [0.25, 0.3) is 5.91 Å². The van der Waals surface area contributed by atoms with E-state index in [2.05, 4.69) is 5.32 Å². The number of hydrogen-bond donors (Lipinski definition) is 1. The minimum atomic E-state index is -0.727. The van der Waals surface area contributed by atoms with Crippen LogP contribution in [0.5, 0.6) is 11.5 Å². The lowest BCUT2D eigenvalue weighted by molar-refractivity contribution is -0.127. The first-order valence-corrected chi connectivity index (χ1v) is 7.99. The summed E-state index contributed by atoms with van der Waals surface area (Å²) in [4.78, 5) is 12.0. The third-order valence-corrected chi connectivity index (χ3v) is 3.58. The average Bonchev–Trinajstić information content (AvgIpc) is 2.55. The van der Waals surface area contributed by atoms with Gasteiger partial charge in [0.05, 0.1) is 11.6 Å². The maximum Gasteiger partial charge on any atom is 0.260 e. The quantitative estimate of drug-likeness (QED) is 0.745. The lowest BCUT2D eigenvalue weighted by Crippen LogP contribution is -2.38. The summed E-state index contributed by atoms with van der Waals surface area (Å²) in [6, 6.07) is 10.4. The molecule has 1 atom stereocenters. The van der Waals surface area contributed by atoms with Crippen molar-refractivity contribution in [1.29, 1.82) is 0 Å². The molecule has 0 aromatic heterocycles. The molecule has 0 fully saturated rings. The van der Waals surface area contributed by atoms with E-state index in [9.17, 15) is 9.18 Å². The van der Waals surface area contributed by atoms with Gasteiger partial charge in [0, 0.05) is 5.02 Å². The summed E-state index contributed by atoms with van der Waals surface area (Å²) in [7, 11) is 0. The molecule has 0 unspecified atom stereocenters. The lowest BCUT2D eigenvalue weighted by atomic mass is 10.3. The Morgan fingerprint density at radius 3 is 2.58 bits per heavy atom. The highest BCUT2D eigenvalue weighted by atomic mass is 35.5. The van der Waals surface area contributed by atoms with E-state index < -0.39 is 6.10 Å². The van der Waals surface area contributed by atoms with E-state index in [1.54, 1.807) is 25.1 Å². The Morgan fingerprint density at radius 1 is 1.21 bits per heavy atom. The Kier molecular flexibility index (Phi) is 6.70. The van der Waals surface area contributed by atoms with Crippen LogP contribution in [0.15, 0.2) is 42.5 Å². The molecule has 0 radical (unpaired) electrons. The first kappa shape index (κ1) is 18.4. The number of rotatable bonds is 7. The van der Waals surface area contributed by atoms with Crippen molar-refractivity contribution in [2.45, 2.75) is 13.0 Å². The molecule has 0 heterocycles. The van der Waals surface area contributed by atoms with E-state index in [1.807, 2.05) is 0 Å². The highest BCUT2D eigenvalue weighted by Crippen LogP contribution is 2.28. The number of ether oxygens (including phenoxy) is 2. The predicted molar refractivity (Wildman–Crippen MR) is 91.5 cm³/mol. The smallest absolute Gasteiger partial charge is 0.260 e. The second-order valence-corrected chi connectivity index (χ2v) is 5.77. The van der Waals surface area contributed by atoms with Crippen molar-refractivity contribution in [2.75, 3.05) is 13.2 Å². The van der Waals surface area contributed by atoms with Crippen LogP contribution in [-0.4, -0.2) is 25.2 Å². The van der Waals surface area contributed by atoms with Crippen molar-refractivity contribution in [3.05, 3.63) is 58.3 Å². The van der Waals surface area contributed by atoms with Crippen molar-refractivity contribution < 1.29 is 18.7 Å². The van der Waals surface area contributed by atoms with Crippen LogP contribution in [-0.2, 0) is 4.79 Å². The molecule has 0 bridgehead atoms. The average molecular weight is 372 g/mol.